The minimum absolute atomic E-state index is 0.0989. The molecule has 0 aliphatic rings. The van der Waals surface area contributed by atoms with E-state index in [9.17, 15) is 4.39 Å². The van der Waals surface area contributed by atoms with Gasteiger partial charge >= 0.3 is 0 Å². The number of para-hydroxylation sites is 2. The zero-order valence-corrected chi connectivity index (χ0v) is 14.7. The van der Waals surface area contributed by atoms with Crippen LogP contribution < -0.4 is 14.8 Å². The lowest BCUT2D eigenvalue weighted by Crippen LogP contribution is -2.03. The number of hydrogen-bond acceptors (Lipinski definition) is 6. The molecule has 4 aromatic rings. The highest BCUT2D eigenvalue weighted by atomic mass is 19.1. The van der Waals surface area contributed by atoms with Crippen LogP contribution in [-0.4, -0.2) is 26.7 Å². The highest BCUT2D eigenvalue weighted by Gasteiger charge is 2.11. The third-order valence-corrected chi connectivity index (χ3v) is 3.87. The van der Waals surface area contributed by atoms with E-state index in [0.717, 1.165) is 5.69 Å². The van der Waals surface area contributed by atoms with E-state index >= 15 is 0 Å². The van der Waals surface area contributed by atoms with Gasteiger partial charge in [-0.2, -0.15) is 14.6 Å². The second-order valence-corrected chi connectivity index (χ2v) is 5.78. The summed E-state index contributed by atoms with van der Waals surface area (Å²) in [4.78, 5) is 8.35. The monoisotopic (exact) mass is 365 g/mol. The molecule has 2 aromatic carbocycles. The Hall–Kier alpha value is -3.68. The normalized spacial score (nSPS) is 10.8. The summed E-state index contributed by atoms with van der Waals surface area (Å²) in [5, 5.41) is 7.25. The predicted molar refractivity (Wildman–Crippen MR) is 98.3 cm³/mol. The zero-order valence-electron chi connectivity index (χ0n) is 14.7. The Labute approximate surface area is 154 Å². The van der Waals surface area contributed by atoms with Crippen LogP contribution in [0.4, 0.5) is 15.9 Å². The summed E-state index contributed by atoms with van der Waals surface area (Å²) in [6, 6.07) is 13.5. The fraction of sp³-hybridized carbons (Fsp3) is 0.105. The number of aromatic nitrogens is 4. The van der Waals surface area contributed by atoms with Gasteiger partial charge in [0, 0.05) is 23.5 Å². The molecule has 0 fully saturated rings. The zero-order chi connectivity index (χ0) is 18.8. The van der Waals surface area contributed by atoms with Crippen LogP contribution in [-0.2, 0) is 0 Å². The van der Waals surface area contributed by atoms with Crippen LogP contribution in [0.1, 0.15) is 5.69 Å². The standard InChI is InChI=1S/C19H16FN5O2/c1-12-9-18(25-19(23-12)21-11-22-25)24-13-7-8-15(14(20)10-13)27-17-6-4-3-5-16(17)26-2/h3-11,24H,1-2H3. The maximum absolute atomic E-state index is 14.6. The Kier molecular flexibility index (Phi) is 4.29. The first-order chi connectivity index (χ1) is 13.1. The number of benzene rings is 2. The summed E-state index contributed by atoms with van der Waals surface area (Å²) in [6.07, 6.45) is 1.41. The topological polar surface area (TPSA) is 73.6 Å². The third-order valence-electron chi connectivity index (χ3n) is 3.87. The van der Waals surface area contributed by atoms with Gasteiger partial charge in [0.1, 0.15) is 12.1 Å². The smallest absolute Gasteiger partial charge is 0.254 e. The lowest BCUT2D eigenvalue weighted by atomic mass is 10.2. The molecule has 0 amide bonds. The van der Waals surface area contributed by atoms with Crippen LogP contribution in [0.2, 0.25) is 0 Å². The molecule has 8 heteroatoms. The number of rotatable bonds is 5. The molecule has 2 aromatic heterocycles. The fourth-order valence-corrected chi connectivity index (χ4v) is 2.65. The van der Waals surface area contributed by atoms with Gasteiger partial charge in [-0.1, -0.05) is 12.1 Å². The number of methoxy groups -OCH3 is 1. The van der Waals surface area contributed by atoms with Crippen molar-refractivity contribution in [3.05, 3.63) is 66.4 Å². The lowest BCUT2D eigenvalue weighted by Gasteiger charge is -2.12. The van der Waals surface area contributed by atoms with E-state index in [-0.39, 0.29) is 5.75 Å². The van der Waals surface area contributed by atoms with E-state index in [4.69, 9.17) is 9.47 Å². The Morgan fingerprint density at radius 1 is 1.04 bits per heavy atom. The van der Waals surface area contributed by atoms with Gasteiger partial charge in [0.2, 0.25) is 0 Å². The van der Waals surface area contributed by atoms with Crippen LogP contribution in [0.15, 0.2) is 54.9 Å². The summed E-state index contributed by atoms with van der Waals surface area (Å²) in [5.74, 6) is 1.66. The molecule has 136 valence electrons. The Morgan fingerprint density at radius 3 is 2.63 bits per heavy atom. The van der Waals surface area contributed by atoms with Crippen molar-refractivity contribution in [3.63, 3.8) is 0 Å². The number of hydrogen-bond donors (Lipinski definition) is 1. The first-order valence-electron chi connectivity index (χ1n) is 8.19. The molecule has 27 heavy (non-hydrogen) atoms. The van der Waals surface area contributed by atoms with E-state index in [0.29, 0.717) is 28.8 Å². The third kappa shape index (κ3) is 3.37. The molecule has 0 atom stereocenters. The van der Waals surface area contributed by atoms with E-state index in [2.05, 4.69) is 20.4 Å². The fourth-order valence-electron chi connectivity index (χ4n) is 2.65. The molecule has 0 aliphatic carbocycles. The molecule has 7 nitrogen and oxygen atoms in total. The number of anilines is 2. The molecular formula is C19H16FN5O2. The Bertz CT molecular complexity index is 1110. The van der Waals surface area contributed by atoms with Gasteiger partial charge in [-0.3, -0.25) is 0 Å². The molecular weight excluding hydrogens is 349 g/mol. The molecule has 0 unspecified atom stereocenters. The summed E-state index contributed by atoms with van der Waals surface area (Å²) >= 11 is 0. The maximum atomic E-state index is 14.6. The number of nitrogens with zero attached hydrogens (tertiary/aromatic N) is 4. The van der Waals surface area contributed by atoms with Crippen molar-refractivity contribution in [2.75, 3.05) is 12.4 Å². The molecule has 0 saturated carbocycles. The van der Waals surface area contributed by atoms with Crippen LogP contribution >= 0.6 is 0 Å². The average Bonchev–Trinajstić information content (AvgIpc) is 3.13. The number of ether oxygens (including phenoxy) is 2. The SMILES string of the molecule is COc1ccccc1Oc1ccc(Nc2cc(C)nc3ncnn23)cc1F. The molecule has 0 aliphatic heterocycles. The van der Waals surface area contributed by atoms with Crippen LogP contribution in [0.5, 0.6) is 17.2 Å². The molecule has 2 heterocycles. The lowest BCUT2D eigenvalue weighted by molar-refractivity contribution is 0.371. The van der Waals surface area contributed by atoms with E-state index < -0.39 is 5.82 Å². The minimum atomic E-state index is -0.508. The number of aryl methyl sites for hydroxylation is 1. The molecule has 1 N–H and O–H groups in total. The molecule has 0 spiro atoms. The van der Waals surface area contributed by atoms with E-state index in [1.807, 2.05) is 13.0 Å². The Morgan fingerprint density at radius 2 is 1.85 bits per heavy atom. The highest BCUT2D eigenvalue weighted by Crippen LogP contribution is 2.33. The number of nitrogens with one attached hydrogen (secondary N) is 1. The van der Waals surface area contributed by atoms with Gasteiger partial charge in [-0.15, -0.1) is 0 Å². The van der Waals surface area contributed by atoms with Gasteiger partial charge in [-0.25, -0.2) is 9.37 Å². The highest BCUT2D eigenvalue weighted by molar-refractivity contribution is 5.60. The molecule has 0 radical (unpaired) electrons. The Balaban J connectivity index is 1.61. The molecule has 4 rings (SSSR count). The van der Waals surface area contributed by atoms with Gasteiger partial charge in [0.25, 0.3) is 5.78 Å². The van der Waals surface area contributed by atoms with Crippen molar-refractivity contribution in [1.82, 2.24) is 19.6 Å². The minimum Gasteiger partial charge on any atom is -0.493 e. The van der Waals surface area contributed by atoms with Crippen LogP contribution in [0.3, 0.4) is 0 Å². The van der Waals surface area contributed by atoms with Gasteiger partial charge in [0.05, 0.1) is 7.11 Å². The maximum Gasteiger partial charge on any atom is 0.254 e. The molecule has 0 saturated heterocycles. The second kappa shape index (κ2) is 6.91. The van der Waals surface area contributed by atoms with Crippen molar-refractivity contribution in [3.8, 4) is 17.2 Å². The van der Waals surface area contributed by atoms with Gasteiger partial charge in [-0.05, 0) is 31.2 Å². The van der Waals surface area contributed by atoms with Gasteiger partial charge in [0.15, 0.2) is 23.1 Å². The van der Waals surface area contributed by atoms with Crippen molar-refractivity contribution in [2.45, 2.75) is 6.92 Å². The summed E-state index contributed by atoms with van der Waals surface area (Å²) < 4.78 is 27.0. The van der Waals surface area contributed by atoms with Crippen molar-refractivity contribution in [1.29, 1.82) is 0 Å². The predicted octanol–water partition coefficient (Wildman–Crippen LogP) is 4.12. The first kappa shape index (κ1) is 16.8. The second-order valence-electron chi connectivity index (χ2n) is 5.78. The van der Waals surface area contributed by atoms with Crippen LogP contribution in [0.25, 0.3) is 5.78 Å². The van der Waals surface area contributed by atoms with Crippen molar-refractivity contribution < 1.29 is 13.9 Å². The van der Waals surface area contributed by atoms with Crippen LogP contribution in [0, 0.1) is 12.7 Å². The largest absolute Gasteiger partial charge is 0.493 e. The molecule has 0 bridgehead atoms. The summed E-state index contributed by atoms with van der Waals surface area (Å²) in [5.41, 5.74) is 1.32. The van der Waals surface area contributed by atoms with Gasteiger partial charge < -0.3 is 14.8 Å². The van der Waals surface area contributed by atoms with E-state index in [1.54, 1.807) is 40.9 Å². The first-order valence-corrected chi connectivity index (χ1v) is 8.19. The van der Waals surface area contributed by atoms with Crippen molar-refractivity contribution >= 4 is 17.3 Å². The average molecular weight is 365 g/mol. The van der Waals surface area contributed by atoms with Crippen molar-refractivity contribution in [2.24, 2.45) is 0 Å². The number of halogens is 1. The summed E-state index contributed by atoms with van der Waals surface area (Å²) in [7, 11) is 1.53. The van der Waals surface area contributed by atoms with E-state index in [1.165, 1.54) is 19.5 Å². The number of fused-ring (bicyclic) bond motifs is 1. The quantitative estimate of drug-likeness (QED) is 0.574. The summed E-state index contributed by atoms with van der Waals surface area (Å²) in [6.45, 7) is 1.85.